The predicted octanol–water partition coefficient (Wildman–Crippen LogP) is 1.34. The number of carbonyl (C=O) groups excluding carboxylic acids is 1. The molecule has 0 aliphatic rings. The Balaban J connectivity index is 2.02. The fraction of sp³-hybridized carbons (Fsp3) is 0.286. The molecule has 0 aliphatic heterocycles. The summed E-state index contributed by atoms with van der Waals surface area (Å²) in [5, 5.41) is 7.87. The normalized spacial score (nSPS) is 13.0. The second kappa shape index (κ2) is 7.34. The van der Waals surface area contributed by atoms with E-state index < -0.39 is 22.2 Å². The van der Waals surface area contributed by atoms with E-state index in [1.54, 1.807) is 18.3 Å². The number of thiazole rings is 1. The van der Waals surface area contributed by atoms with Crippen LogP contribution < -0.4 is 10.5 Å². The molecule has 0 fully saturated rings. The Bertz CT molecular complexity index is 838. The van der Waals surface area contributed by atoms with Crippen LogP contribution in [0.4, 0.5) is 9.52 Å². The molecule has 1 atom stereocenters. The molecule has 0 radical (unpaired) electrons. The minimum absolute atomic E-state index is 0.314. The second-order valence-electron chi connectivity index (χ2n) is 5.16. The van der Waals surface area contributed by atoms with Crippen molar-refractivity contribution in [2.45, 2.75) is 19.4 Å². The highest BCUT2D eigenvalue weighted by atomic mass is 32.2. The van der Waals surface area contributed by atoms with E-state index in [0.29, 0.717) is 11.6 Å². The standard InChI is InChI=1S/C14H17FN4O3S2/c1-9(19(2)24(16,21)22)13(20)18-14-17-8-12(23-14)7-10-4-3-5-11(15)6-10/h3-6,8-9H,7H2,1-2H3,(H2,16,21,22)(H,17,18,20)/t9-/m1/s1. The summed E-state index contributed by atoms with van der Waals surface area (Å²) in [5.74, 6) is -0.858. The highest BCUT2D eigenvalue weighted by molar-refractivity contribution is 7.86. The first-order valence-corrected chi connectivity index (χ1v) is 9.24. The van der Waals surface area contributed by atoms with Crippen molar-refractivity contribution in [2.75, 3.05) is 12.4 Å². The van der Waals surface area contributed by atoms with Crippen molar-refractivity contribution in [3.05, 3.63) is 46.7 Å². The Morgan fingerprint density at radius 3 is 2.83 bits per heavy atom. The van der Waals surface area contributed by atoms with E-state index >= 15 is 0 Å². The van der Waals surface area contributed by atoms with Crippen LogP contribution in [0.5, 0.6) is 0 Å². The van der Waals surface area contributed by atoms with Crippen molar-refractivity contribution < 1.29 is 17.6 Å². The Hall–Kier alpha value is -1.88. The molecule has 0 spiro atoms. The van der Waals surface area contributed by atoms with Crippen LogP contribution in [-0.4, -0.2) is 36.7 Å². The van der Waals surface area contributed by atoms with Crippen LogP contribution in [0.2, 0.25) is 0 Å². The van der Waals surface area contributed by atoms with Crippen LogP contribution in [0.1, 0.15) is 17.4 Å². The first kappa shape index (κ1) is 18.5. The van der Waals surface area contributed by atoms with Gasteiger partial charge in [0.15, 0.2) is 5.13 Å². The molecule has 0 bridgehead atoms. The number of rotatable bonds is 6. The summed E-state index contributed by atoms with van der Waals surface area (Å²) in [7, 11) is -2.74. The Labute approximate surface area is 143 Å². The predicted molar refractivity (Wildman–Crippen MR) is 90.3 cm³/mol. The average Bonchev–Trinajstić information content (AvgIpc) is 2.91. The molecular weight excluding hydrogens is 355 g/mol. The first-order valence-electron chi connectivity index (χ1n) is 6.92. The summed E-state index contributed by atoms with van der Waals surface area (Å²) < 4.78 is 36.4. The van der Waals surface area contributed by atoms with Crippen molar-refractivity contribution in [1.82, 2.24) is 9.29 Å². The van der Waals surface area contributed by atoms with Crippen LogP contribution in [0.3, 0.4) is 0 Å². The summed E-state index contributed by atoms with van der Waals surface area (Å²) in [6.45, 7) is 1.42. The number of amides is 1. The third-order valence-corrected chi connectivity index (χ3v) is 5.41. The lowest BCUT2D eigenvalue weighted by atomic mass is 10.1. The van der Waals surface area contributed by atoms with Gasteiger partial charge in [-0.15, -0.1) is 11.3 Å². The number of carbonyl (C=O) groups is 1. The molecule has 0 saturated heterocycles. The highest BCUT2D eigenvalue weighted by Gasteiger charge is 2.25. The summed E-state index contributed by atoms with van der Waals surface area (Å²) in [5.41, 5.74) is 0.791. The monoisotopic (exact) mass is 372 g/mol. The third kappa shape index (κ3) is 4.81. The maximum atomic E-state index is 13.2. The Morgan fingerprint density at radius 2 is 2.21 bits per heavy atom. The molecule has 7 nitrogen and oxygen atoms in total. The van der Waals surface area contributed by atoms with Crippen molar-refractivity contribution in [1.29, 1.82) is 0 Å². The minimum atomic E-state index is -3.96. The fourth-order valence-corrected chi connectivity index (χ4v) is 3.28. The van der Waals surface area contributed by atoms with Gasteiger partial charge in [-0.1, -0.05) is 12.1 Å². The van der Waals surface area contributed by atoms with Gasteiger partial charge in [0.2, 0.25) is 5.91 Å². The van der Waals surface area contributed by atoms with E-state index in [9.17, 15) is 17.6 Å². The molecule has 1 amide bonds. The molecule has 24 heavy (non-hydrogen) atoms. The van der Waals surface area contributed by atoms with Gasteiger partial charge in [0, 0.05) is 24.5 Å². The molecule has 10 heteroatoms. The molecule has 0 aliphatic carbocycles. The van der Waals surface area contributed by atoms with Gasteiger partial charge in [-0.3, -0.25) is 4.79 Å². The van der Waals surface area contributed by atoms with Gasteiger partial charge in [0.05, 0.1) is 0 Å². The number of anilines is 1. The number of likely N-dealkylation sites (N-methyl/N-ethyl adjacent to an activating group) is 1. The van der Waals surface area contributed by atoms with E-state index in [1.807, 2.05) is 0 Å². The number of aromatic nitrogens is 1. The van der Waals surface area contributed by atoms with Gasteiger partial charge in [0.25, 0.3) is 10.2 Å². The SMILES string of the molecule is C[C@H](C(=O)Nc1ncc(Cc2cccc(F)c2)s1)N(C)S(N)(=O)=O. The topological polar surface area (TPSA) is 105 Å². The van der Waals surface area contributed by atoms with E-state index in [4.69, 9.17) is 5.14 Å². The second-order valence-corrected chi connectivity index (χ2v) is 7.89. The molecule has 2 aromatic rings. The lowest BCUT2D eigenvalue weighted by Gasteiger charge is -2.20. The van der Waals surface area contributed by atoms with Crippen molar-refractivity contribution in [3.63, 3.8) is 0 Å². The molecule has 2 rings (SSSR count). The van der Waals surface area contributed by atoms with Crippen LogP contribution >= 0.6 is 11.3 Å². The fourth-order valence-electron chi connectivity index (χ4n) is 1.89. The smallest absolute Gasteiger partial charge is 0.277 e. The number of hydrogen-bond donors (Lipinski definition) is 2. The van der Waals surface area contributed by atoms with Gasteiger partial charge in [-0.25, -0.2) is 14.5 Å². The van der Waals surface area contributed by atoms with E-state index in [-0.39, 0.29) is 5.82 Å². The number of nitrogens with two attached hydrogens (primary N) is 1. The quantitative estimate of drug-likeness (QED) is 0.798. The molecule has 130 valence electrons. The lowest BCUT2D eigenvalue weighted by Crippen LogP contribution is -2.45. The molecule has 0 saturated carbocycles. The van der Waals surface area contributed by atoms with Crippen LogP contribution in [0.15, 0.2) is 30.5 Å². The van der Waals surface area contributed by atoms with Crippen LogP contribution in [0, 0.1) is 5.82 Å². The van der Waals surface area contributed by atoms with E-state index in [0.717, 1.165) is 14.7 Å². The third-order valence-electron chi connectivity index (χ3n) is 3.38. The van der Waals surface area contributed by atoms with E-state index in [1.165, 1.54) is 37.4 Å². The molecule has 1 heterocycles. The maximum Gasteiger partial charge on any atom is 0.277 e. The summed E-state index contributed by atoms with van der Waals surface area (Å²) in [6.07, 6.45) is 2.07. The summed E-state index contributed by atoms with van der Waals surface area (Å²) in [4.78, 5) is 17.0. The minimum Gasteiger partial charge on any atom is -0.301 e. The molecule has 3 N–H and O–H groups in total. The summed E-state index contributed by atoms with van der Waals surface area (Å²) in [6, 6.07) is 5.24. The van der Waals surface area contributed by atoms with Crippen LogP contribution in [-0.2, 0) is 21.4 Å². The zero-order valence-corrected chi connectivity index (χ0v) is 14.7. The van der Waals surface area contributed by atoms with Gasteiger partial charge < -0.3 is 5.32 Å². The number of hydrogen-bond acceptors (Lipinski definition) is 5. The zero-order chi connectivity index (χ0) is 17.9. The van der Waals surface area contributed by atoms with Crippen LogP contribution in [0.25, 0.3) is 0 Å². The van der Waals surface area contributed by atoms with Crippen molar-refractivity contribution in [3.8, 4) is 0 Å². The maximum absolute atomic E-state index is 13.2. The number of nitrogens with one attached hydrogen (secondary N) is 1. The van der Waals surface area contributed by atoms with E-state index in [2.05, 4.69) is 10.3 Å². The number of halogens is 1. The highest BCUT2D eigenvalue weighted by Crippen LogP contribution is 2.22. The van der Waals surface area contributed by atoms with Gasteiger partial charge in [-0.05, 0) is 24.6 Å². The van der Waals surface area contributed by atoms with Gasteiger partial charge in [0.1, 0.15) is 11.9 Å². The molecular formula is C14H17FN4O3S2. The van der Waals surface area contributed by atoms with Gasteiger partial charge >= 0.3 is 0 Å². The Kier molecular flexibility index (Phi) is 5.65. The van der Waals surface area contributed by atoms with Gasteiger partial charge in [-0.2, -0.15) is 12.7 Å². The van der Waals surface area contributed by atoms with Crippen molar-refractivity contribution >= 4 is 32.6 Å². The summed E-state index contributed by atoms with van der Waals surface area (Å²) >= 11 is 1.23. The number of nitrogens with zero attached hydrogens (tertiary/aromatic N) is 2. The average molecular weight is 372 g/mol. The molecule has 1 aromatic heterocycles. The lowest BCUT2D eigenvalue weighted by molar-refractivity contribution is -0.119. The Morgan fingerprint density at radius 1 is 1.50 bits per heavy atom. The largest absolute Gasteiger partial charge is 0.301 e. The molecule has 0 unspecified atom stereocenters. The van der Waals surface area contributed by atoms with Crippen molar-refractivity contribution in [2.24, 2.45) is 5.14 Å². The first-order chi connectivity index (χ1) is 11.2. The number of benzene rings is 1. The molecule has 1 aromatic carbocycles. The zero-order valence-electron chi connectivity index (χ0n) is 13.1.